The molecule has 0 saturated carbocycles. The Balaban J connectivity index is 1.84. The molecule has 1 aromatic heterocycles. The monoisotopic (exact) mass is 372 g/mol. The number of hydrogen-bond donors (Lipinski definition) is 1. The first kappa shape index (κ1) is 18.5. The Hall–Kier alpha value is -3.29. The van der Waals surface area contributed by atoms with E-state index < -0.39 is 23.4 Å². The molecule has 1 aliphatic rings. The molecular formula is C19H20N2O6. The summed E-state index contributed by atoms with van der Waals surface area (Å²) < 4.78 is 15.3. The highest BCUT2D eigenvalue weighted by Gasteiger charge is 2.49. The summed E-state index contributed by atoms with van der Waals surface area (Å²) in [6.07, 6.45) is 0. The minimum atomic E-state index is -1.20. The SMILES string of the molecule is COC(=O)c1cc(CN2C(=O)NC(C)(c3ccc(OC)cc3)C2=O)oc1C. The van der Waals surface area contributed by atoms with Gasteiger partial charge in [0.2, 0.25) is 0 Å². The summed E-state index contributed by atoms with van der Waals surface area (Å²) in [4.78, 5) is 38.1. The maximum Gasteiger partial charge on any atom is 0.341 e. The molecule has 0 spiro atoms. The summed E-state index contributed by atoms with van der Waals surface area (Å²) in [5.41, 5.74) is -0.302. The van der Waals surface area contributed by atoms with Crippen molar-refractivity contribution < 1.29 is 28.3 Å². The molecule has 1 saturated heterocycles. The van der Waals surface area contributed by atoms with E-state index in [9.17, 15) is 14.4 Å². The van der Waals surface area contributed by atoms with E-state index in [1.807, 2.05) is 0 Å². The van der Waals surface area contributed by atoms with Crippen molar-refractivity contribution >= 4 is 17.9 Å². The van der Waals surface area contributed by atoms with Gasteiger partial charge in [-0.05, 0) is 37.6 Å². The number of imide groups is 1. The van der Waals surface area contributed by atoms with E-state index in [1.54, 1.807) is 45.2 Å². The number of esters is 1. The van der Waals surface area contributed by atoms with Crippen LogP contribution in [-0.4, -0.2) is 37.0 Å². The average molecular weight is 372 g/mol. The molecule has 1 aromatic carbocycles. The third kappa shape index (κ3) is 3.14. The number of amides is 3. The van der Waals surface area contributed by atoms with Crippen molar-refractivity contribution in [1.29, 1.82) is 0 Å². The van der Waals surface area contributed by atoms with Gasteiger partial charge in [-0.1, -0.05) is 12.1 Å². The molecule has 3 rings (SSSR count). The molecule has 8 nitrogen and oxygen atoms in total. The number of furan rings is 1. The normalized spacial score (nSPS) is 19.2. The topological polar surface area (TPSA) is 98.1 Å². The third-order valence-corrected chi connectivity index (χ3v) is 4.63. The summed E-state index contributed by atoms with van der Waals surface area (Å²) in [6, 6.07) is 7.85. The highest BCUT2D eigenvalue weighted by atomic mass is 16.5. The molecule has 1 atom stereocenters. The third-order valence-electron chi connectivity index (χ3n) is 4.63. The number of nitrogens with one attached hydrogen (secondary N) is 1. The number of carbonyl (C=O) groups is 3. The zero-order chi connectivity index (χ0) is 19.8. The van der Waals surface area contributed by atoms with Gasteiger partial charge in [-0.25, -0.2) is 9.59 Å². The van der Waals surface area contributed by atoms with Crippen LogP contribution in [0.1, 0.15) is 34.4 Å². The Morgan fingerprint density at radius 1 is 1.22 bits per heavy atom. The Labute approximate surface area is 156 Å². The number of aryl methyl sites for hydroxylation is 1. The van der Waals surface area contributed by atoms with Crippen molar-refractivity contribution in [3.8, 4) is 5.75 Å². The first-order chi connectivity index (χ1) is 12.8. The fraction of sp³-hybridized carbons (Fsp3) is 0.316. The number of methoxy groups -OCH3 is 2. The van der Waals surface area contributed by atoms with E-state index in [0.717, 1.165) is 4.90 Å². The summed E-state index contributed by atoms with van der Waals surface area (Å²) >= 11 is 0. The predicted octanol–water partition coefficient (Wildman–Crippen LogP) is 2.35. The molecule has 3 amide bonds. The highest BCUT2D eigenvalue weighted by Crippen LogP contribution is 2.31. The molecule has 1 N–H and O–H groups in total. The van der Waals surface area contributed by atoms with Gasteiger partial charge in [0.05, 0.1) is 20.8 Å². The highest BCUT2D eigenvalue weighted by molar-refractivity contribution is 6.07. The van der Waals surface area contributed by atoms with Gasteiger partial charge in [0.1, 0.15) is 28.4 Å². The van der Waals surface area contributed by atoms with E-state index >= 15 is 0 Å². The maximum absolute atomic E-state index is 13.0. The fourth-order valence-electron chi connectivity index (χ4n) is 3.05. The average Bonchev–Trinajstić information content (AvgIpc) is 3.14. The number of hydrogen-bond acceptors (Lipinski definition) is 6. The molecule has 8 heteroatoms. The van der Waals surface area contributed by atoms with Crippen LogP contribution >= 0.6 is 0 Å². The standard InChI is InChI=1S/C19H20N2O6/c1-11-15(16(22)26-4)9-14(27-11)10-21-17(23)19(2,20-18(21)24)12-5-7-13(25-3)8-6-12/h5-9H,10H2,1-4H3,(H,20,24). The second-order valence-corrected chi connectivity index (χ2v) is 6.35. The molecule has 142 valence electrons. The van der Waals surface area contributed by atoms with Crippen molar-refractivity contribution in [2.75, 3.05) is 14.2 Å². The van der Waals surface area contributed by atoms with Gasteiger partial charge in [0, 0.05) is 0 Å². The largest absolute Gasteiger partial charge is 0.497 e. The maximum atomic E-state index is 13.0. The number of nitrogens with zero attached hydrogens (tertiary/aromatic N) is 1. The van der Waals surface area contributed by atoms with Crippen molar-refractivity contribution in [2.45, 2.75) is 25.9 Å². The van der Waals surface area contributed by atoms with Gasteiger partial charge >= 0.3 is 12.0 Å². The Morgan fingerprint density at radius 3 is 2.48 bits per heavy atom. The molecule has 0 bridgehead atoms. The van der Waals surface area contributed by atoms with Gasteiger partial charge < -0.3 is 19.2 Å². The van der Waals surface area contributed by atoms with Crippen LogP contribution in [0.3, 0.4) is 0 Å². The number of benzene rings is 1. The second-order valence-electron chi connectivity index (χ2n) is 6.35. The minimum absolute atomic E-state index is 0.0890. The molecule has 1 unspecified atom stereocenters. The molecule has 0 radical (unpaired) electrons. The lowest BCUT2D eigenvalue weighted by molar-refractivity contribution is -0.131. The number of urea groups is 1. The number of carbonyl (C=O) groups excluding carboxylic acids is 3. The minimum Gasteiger partial charge on any atom is -0.497 e. The summed E-state index contributed by atoms with van der Waals surface area (Å²) in [7, 11) is 2.82. The summed E-state index contributed by atoms with van der Waals surface area (Å²) in [5.74, 6) is 0.378. The second kappa shape index (κ2) is 6.79. The molecule has 2 heterocycles. The molecule has 0 aliphatic carbocycles. The smallest absolute Gasteiger partial charge is 0.341 e. The predicted molar refractivity (Wildman–Crippen MR) is 94.2 cm³/mol. The molecule has 1 fully saturated rings. The van der Waals surface area contributed by atoms with Crippen LogP contribution in [0.25, 0.3) is 0 Å². The van der Waals surface area contributed by atoms with Crippen LogP contribution in [0.4, 0.5) is 4.79 Å². The Bertz CT molecular complexity index is 901. The van der Waals surface area contributed by atoms with Crippen LogP contribution in [0.2, 0.25) is 0 Å². The zero-order valence-electron chi connectivity index (χ0n) is 15.5. The van der Waals surface area contributed by atoms with Crippen LogP contribution in [0.15, 0.2) is 34.7 Å². The van der Waals surface area contributed by atoms with E-state index in [-0.39, 0.29) is 12.1 Å². The Kier molecular flexibility index (Phi) is 4.65. The zero-order valence-corrected chi connectivity index (χ0v) is 15.5. The van der Waals surface area contributed by atoms with E-state index in [2.05, 4.69) is 10.1 Å². The van der Waals surface area contributed by atoms with E-state index in [4.69, 9.17) is 9.15 Å². The van der Waals surface area contributed by atoms with Gasteiger partial charge in [-0.3, -0.25) is 9.69 Å². The van der Waals surface area contributed by atoms with E-state index in [1.165, 1.54) is 13.2 Å². The number of ether oxygens (including phenoxy) is 2. The van der Waals surface area contributed by atoms with Crippen LogP contribution in [0.5, 0.6) is 5.75 Å². The molecular weight excluding hydrogens is 352 g/mol. The summed E-state index contributed by atoms with van der Waals surface area (Å²) in [6.45, 7) is 3.17. The van der Waals surface area contributed by atoms with Gasteiger partial charge in [0.15, 0.2) is 0 Å². The summed E-state index contributed by atoms with van der Waals surface area (Å²) in [5, 5.41) is 2.72. The van der Waals surface area contributed by atoms with Crippen LogP contribution in [0, 0.1) is 6.92 Å². The van der Waals surface area contributed by atoms with Crippen molar-refractivity contribution in [3.63, 3.8) is 0 Å². The lowest BCUT2D eigenvalue weighted by atomic mass is 9.92. The number of rotatable bonds is 5. The van der Waals surface area contributed by atoms with Crippen LogP contribution in [-0.2, 0) is 21.6 Å². The Morgan fingerprint density at radius 2 is 1.89 bits per heavy atom. The lowest BCUT2D eigenvalue weighted by Gasteiger charge is -2.22. The molecule has 2 aromatic rings. The molecule has 1 aliphatic heterocycles. The fourth-order valence-corrected chi connectivity index (χ4v) is 3.05. The van der Waals surface area contributed by atoms with Crippen molar-refractivity contribution in [2.24, 2.45) is 0 Å². The quantitative estimate of drug-likeness (QED) is 0.639. The van der Waals surface area contributed by atoms with Crippen LogP contribution < -0.4 is 10.1 Å². The van der Waals surface area contributed by atoms with E-state index in [0.29, 0.717) is 22.8 Å². The lowest BCUT2D eigenvalue weighted by Crippen LogP contribution is -2.40. The van der Waals surface area contributed by atoms with Crippen molar-refractivity contribution in [3.05, 3.63) is 53.0 Å². The first-order valence-electron chi connectivity index (χ1n) is 8.26. The van der Waals surface area contributed by atoms with Gasteiger partial charge in [-0.15, -0.1) is 0 Å². The van der Waals surface area contributed by atoms with Gasteiger partial charge in [-0.2, -0.15) is 0 Å². The van der Waals surface area contributed by atoms with Gasteiger partial charge in [0.25, 0.3) is 5.91 Å². The first-order valence-corrected chi connectivity index (χ1v) is 8.26. The van der Waals surface area contributed by atoms with Crippen molar-refractivity contribution in [1.82, 2.24) is 10.2 Å². The molecule has 27 heavy (non-hydrogen) atoms.